The number of hydrogen-bond acceptors (Lipinski definition) is 3. The molecule has 1 unspecified atom stereocenters. The minimum atomic E-state index is -0.861. The first-order chi connectivity index (χ1) is 7.90. The van der Waals surface area contributed by atoms with E-state index in [-0.39, 0.29) is 25.7 Å². The fourth-order valence-corrected chi connectivity index (χ4v) is 2.06. The van der Waals surface area contributed by atoms with E-state index >= 15 is 0 Å². The Morgan fingerprint density at radius 2 is 2.12 bits per heavy atom. The number of likely N-dealkylation sites (tertiary alicyclic amines) is 1. The molecule has 6 heteroatoms. The van der Waals surface area contributed by atoms with Gasteiger partial charge in [0, 0.05) is 26.7 Å². The minimum absolute atomic E-state index is 0.0910. The summed E-state index contributed by atoms with van der Waals surface area (Å²) in [6, 6.07) is -0.216. The molecule has 0 spiro atoms. The van der Waals surface area contributed by atoms with Crippen molar-refractivity contribution in [3.8, 4) is 0 Å². The molecule has 1 atom stereocenters. The van der Waals surface area contributed by atoms with Crippen LogP contribution in [0.2, 0.25) is 0 Å². The van der Waals surface area contributed by atoms with Crippen LogP contribution in [0.15, 0.2) is 0 Å². The highest BCUT2D eigenvalue weighted by atomic mass is 16.4. The van der Waals surface area contributed by atoms with E-state index in [1.165, 1.54) is 4.90 Å². The SMILES string of the molecule is CN(CCO)C(=O)N1CCCC(C)(C(=O)O)C1. The van der Waals surface area contributed by atoms with Crippen LogP contribution in [0.1, 0.15) is 19.8 Å². The summed E-state index contributed by atoms with van der Waals surface area (Å²) in [5.41, 5.74) is -0.853. The number of aliphatic carboxylic acids is 1. The molecule has 0 aromatic heterocycles. The number of urea groups is 1. The summed E-state index contributed by atoms with van der Waals surface area (Å²) in [5.74, 6) is -0.861. The zero-order chi connectivity index (χ0) is 13.1. The van der Waals surface area contributed by atoms with E-state index in [2.05, 4.69) is 0 Å². The van der Waals surface area contributed by atoms with Gasteiger partial charge in [0.2, 0.25) is 0 Å². The monoisotopic (exact) mass is 244 g/mol. The molecule has 0 radical (unpaired) electrons. The molecule has 2 N–H and O–H groups in total. The molecule has 6 nitrogen and oxygen atoms in total. The number of aliphatic hydroxyl groups excluding tert-OH is 1. The van der Waals surface area contributed by atoms with Gasteiger partial charge in [0.15, 0.2) is 0 Å². The predicted octanol–water partition coefficient (Wildman–Crippen LogP) is 0.217. The van der Waals surface area contributed by atoms with Crippen LogP contribution in [0.5, 0.6) is 0 Å². The fourth-order valence-electron chi connectivity index (χ4n) is 2.06. The third kappa shape index (κ3) is 3.09. The smallest absolute Gasteiger partial charge is 0.319 e. The van der Waals surface area contributed by atoms with Crippen LogP contribution in [-0.2, 0) is 4.79 Å². The number of rotatable bonds is 3. The molecule has 1 saturated heterocycles. The highest BCUT2D eigenvalue weighted by molar-refractivity contribution is 5.78. The number of likely N-dealkylation sites (N-methyl/N-ethyl adjacent to an activating group) is 1. The van der Waals surface area contributed by atoms with Gasteiger partial charge in [0.05, 0.1) is 12.0 Å². The third-order valence-corrected chi connectivity index (χ3v) is 3.25. The summed E-state index contributed by atoms with van der Waals surface area (Å²) in [7, 11) is 1.60. The summed E-state index contributed by atoms with van der Waals surface area (Å²) in [5, 5.41) is 17.9. The summed E-state index contributed by atoms with van der Waals surface area (Å²) in [6.45, 7) is 2.65. The molecule has 1 fully saturated rings. The van der Waals surface area contributed by atoms with Crippen molar-refractivity contribution in [3.05, 3.63) is 0 Å². The second-order valence-electron chi connectivity index (χ2n) is 4.82. The van der Waals surface area contributed by atoms with Crippen LogP contribution in [0.4, 0.5) is 4.79 Å². The largest absolute Gasteiger partial charge is 0.481 e. The molecular weight excluding hydrogens is 224 g/mol. The number of amides is 2. The Morgan fingerprint density at radius 3 is 2.65 bits per heavy atom. The second-order valence-corrected chi connectivity index (χ2v) is 4.82. The zero-order valence-corrected chi connectivity index (χ0v) is 10.3. The van der Waals surface area contributed by atoms with Crippen molar-refractivity contribution in [1.82, 2.24) is 9.80 Å². The lowest BCUT2D eigenvalue weighted by Crippen LogP contribution is -2.52. The lowest BCUT2D eigenvalue weighted by Gasteiger charge is -2.39. The number of carbonyl (C=O) groups excluding carboxylic acids is 1. The van der Waals surface area contributed by atoms with Crippen molar-refractivity contribution >= 4 is 12.0 Å². The normalized spacial score (nSPS) is 24.5. The van der Waals surface area contributed by atoms with Crippen molar-refractivity contribution in [3.63, 3.8) is 0 Å². The van der Waals surface area contributed by atoms with Gasteiger partial charge in [-0.1, -0.05) is 0 Å². The Labute approximate surface area is 101 Å². The summed E-state index contributed by atoms with van der Waals surface area (Å²) < 4.78 is 0. The van der Waals surface area contributed by atoms with E-state index in [9.17, 15) is 9.59 Å². The Kier molecular flexibility index (Phi) is 4.34. The van der Waals surface area contributed by atoms with E-state index in [1.54, 1.807) is 18.9 Å². The van der Waals surface area contributed by atoms with Gasteiger partial charge in [-0.2, -0.15) is 0 Å². The molecule has 0 bridgehead atoms. The van der Waals surface area contributed by atoms with Crippen molar-refractivity contribution < 1.29 is 19.8 Å². The predicted molar refractivity (Wildman–Crippen MR) is 61.7 cm³/mol. The fraction of sp³-hybridized carbons (Fsp3) is 0.818. The lowest BCUT2D eigenvalue weighted by molar-refractivity contribution is -0.150. The number of carboxylic acid groups (broad SMARTS) is 1. The van der Waals surface area contributed by atoms with Crippen molar-refractivity contribution in [2.45, 2.75) is 19.8 Å². The maximum atomic E-state index is 11.9. The number of aliphatic hydroxyl groups is 1. The molecule has 17 heavy (non-hydrogen) atoms. The Morgan fingerprint density at radius 1 is 1.47 bits per heavy atom. The maximum absolute atomic E-state index is 11.9. The van der Waals surface area contributed by atoms with E-state index in [0.717, 1.165) is 0 Å². The number of carboxylic acids is 1. The zero-order valence-electron chi connectivity index (χ0n) is 10.3. The molecule has 0 saturated carbocycles. The third-order valence-electron chi connectivity index (χ3n) is 3.25. The molecule has 98 valence electrons. The number of piperidine rings is 1. The van der Waals surface area contributed by atoms with E-state index in [4.69, 9.17) is 10.2 Å². The molecular formula is C11H20N2O4. The Bertz CT molecular complexity index is 308. The van der Waals surface area contributed by atoms with E-state index < -0.39 is 11.4 Å². The van der Waals surface area contributed by atoms with Crippen LogP contribution < -0.4 is 0 Å². The molecule has 1 rings (SSSR count). The van der Waals surface area contributed by atoms with Gasteiger partial charge in [-0.25, -0.2) is 4.79 Å². The van der Waals surface area contributed by atoms with Crippen molar-refractivity contribution in [2.75, 3.05) is 33.3 Å². The summed E-state index contributed by atoms with van der Waals surface area (Å²) in [4.78, 5) is 26.1. The van der Waals surface area contributed by atoms with Gasteiger partial charge in [0.25, 0.3) is 0 Å². The van der Waals surface area contributed by atoms with E-state index in [0.29, 0.717) is 19.4 Å². The number of hydrogen-bond donors (Lipinski definition) is 2. The lowest BCUT2D eigenvalue weighted by atomic mass is 9.82. The van der Waals surface area contributed by atoms with Crippen LogP contribution in [-0.4, -0.2) is 65.3 Å². The Balaban J connectivity index is 2.66. The standard InChI is InChI=1S/C11H20N2O4/c1-11(9(15)16)4-3-5-13(8-11)10(17)12(2)6-7-14/h14H,3-8H2,1-2H3,(H,15,16). The molecule has 0 aliphatic carbocycles. The molecule has 2 amide bonds. The van der Waals surface area contributed by atoms with Crippen LogP contribution in [0.3, 0.4) is 0 Å². The van der Waals surface area contributed by atoms with Crippen LogP contribution in [0.25, 0.3) is 0 Å². The number of carbonyl (C=O) groups is 2. The average molecular weight is 244 g/mol. The highest BCUT2D eigenvalue weighted by Crippen LogP contribution is 2.29. The first-order valence-electron chi connectivity index (χ1n) is 5.75. The minimum Gasteiger partial charge on any atom is -0.481 e. The van der Waals surface area contributed by atoms with Gasteiger partial charge in [-0.3, -0.25) is 4.79 Å². The second kappa shape index (κ2) is 5.35. The maximum Gasteiger partial charge on any atom is 0.319 e. The highest BCUT2D eigenvalue weighted by Gasteiger charge is 2.39. The van der Waals surface area contributed by atoms with Gasteiger partial charge in [-0.15, -0.1) is 0 Å². The van der Waals surface area contributed by atoms with Gasteiger partial charge >= 0.3 is 12.0 Å². The first-order valence-corrected chi connectivity index (χ1v) is 5.75. The van der Waals surface area contributed by atoms with Crippen LogP contribution >= 0.6 is 0 Å². The molecule has 0 aromatic carbocycles. The molecule has 0 aromatic rings. The summed E-state index contributed by atoms with van der Waals surface area (Å²) in [6.07, 6.45) is 1.29. The summed E-state index contributed by atoms with van der Waals surface area (Å²) >= 11 is 0. The van der Waals surface area contributed by atoms with Crippen LogP contribution in [0, 0.1) is 5.41 Å². The van der Waals surface area contributed by atoms with Crippen molar-refractivity contribution in [2.24, 2.45) is 5.41 Å². The topological polar surface area (TPSA) is 81.1 Å². The van der Waals surface area contributed by atoms with Gasteiger partial charge in [0.1, 0.15) is 0 Å². The molecule has 1 aliphatic rings. The van der Waals surface area contributed by atoms with E-state index in [1.807, 2.05) is 0 Å². The Hall–Kier alpha value is -1.30. The van der Waals surface area contributed by atoms with Crippen molar-refractivity contribution in [1.29, 1.82) is 0 Å². The van der Waals surface area contributed by atoms with Gasteiger partial charge in [-0.05, 0) is 19.8 Å². The molecule has 1 heterocycles. The molecule has 1 aliphatic heterocycles. The first kappa shape index (κ1) is 13.8. The quantitative estimate of drug-likeness (QED) is 0.744. The van der Waals surface area contributed by atoms with Gasteiger partial charge < -0.3 is 20.0 Å². The number of nitrogens with zero attached hydrogens (tertiary/aromatic N) is 2. The average Bonchev–Trinajstić information content (AvgIpc) is 2.28.